The molecule has 2 N–H and O–H groups in total. The Morgan fingerprint density at radius 1 is 1.42 bits per heavy atom. The van der Waals surface area contributed by atoms with Crippen LogP contribution < -0.4 is 5.73 Å². The van der Waals surface area contributed by atoms with Crippen molar-refractivity contribution in [3.63, 3.8) is 0 Å². The van der Waals surface area contributed by atoms with Crippen LogP contribution in [0.2, 0.25) is 0 Å². The zero-order chi connectivity index (χ0) is 13.8. The monoisotopic (exact) mass is 269 g/mol. The Morgan fingerprint density at radius 2 is 2.21 bits per heavy atom. The lowest BCUT2D eigenvalue weighted by Gasteiger charge is -2.16. The van der Waals surface area contributed by atoms with E-state index in [9.17, 15) is 0 Å². The van der Waals surface area contributed by atoms with Gasteiger partial charge in [0.15, 0.2) is 0 Å². The van der Waals surface area contributed by atoms with Crippen LogP contribution in [-0.2, 0) is 9.47 Å². The normalized spacial score (nSPS) is 25.1. The number of aromatic nitrogens is 2. The average molecular weight is 269 g/mol. The van der Waals surface area contributed by atoms with Crippen molar-refractivity contribution in [2.24, 2.45) is 11.7 Å². The fourth-order valence-electron chi connectivity index (χ4n) is 2.30. The third kappa shape index (κ3) is 3.32. The van der Waals surface area contributed by atoms with Gasteiger partial charge in [0.25, 0.3) is 5.89 Å². The maximum absolute atomic E-state index is 5.75. The van der Waals surface area contributed by atoms with Gasteiger partial charge in [-0.2, -0.15) is 4.98 Å². The molecule has 1 fully saturated rings. The maximum atomic E-state index is 5.75. The maximum Gasteiger partial charge on any atom is 0.255 e. The molecule has 0 radical (unpaired) electrons. The fraction of sp³-hybridized carbons (Fsp3) is 0.846. The summed E-state index contributed by atoms with van der Waals surface area (Å²) in [6.07, 6.45) is 1.68. The quantitative estimate of drug-likeness (QED) is 0.850. The molecule has 0 aliphatic carbocycles. The fourth-order valence-corrected chi connectivity index (χ4v) is 2.30. The van der Waals surface area contributed by atoms with E-state index in [1.807, 2.05) is 6.92 Å². The van der Waals surface area contributed by atoms with Crippen LogP contribution in [-0.4, -0.2) is 29.4 Å². The van der Waals surface area contributed by atoms with E-state index in [0.717, 1.165) is 12.8 Å². The van der Waals surface area contributed by atoms with Crippen molar-refractivity contribution in [3.05, 3.63) is 11.7 Å². The summed E-state index contributed by atoms with van der Waals surface area (Å²) in [4.78, 5) is 4.43. The molecule has 3 unspecified atom stereocenters. The molecule has 1 aromatic rings. The van der Waals surface area contributed by atoms with Gasteiger partial charge >= 0.3 is 0 Å². The van der Waals surface area contributed by atoms with Gasteiger partial charge in [0, 0.05) is 13.2 Å². The third-order valence-corrected chi connectivity index (χ3v) is 3.31. The summed E-state index contributed by atoms with van der Waals surface area (Å²) in [6.45, 7) is 7.27. The second-order valence-electron chi connectivity index (χ2n) is 5.17. The van der Waals surface area contributed by atoms with Gasteiger partial charge in [0.1, 0.15) is 12.2 Å². The number of nitrogens with two attached hydrogens (primary N) is 1. The molecular weight excluding hydrogens is 246 g/mol. The lowest BCUT2D eigenvalue weighted by molar-refractivity contribution is 0.0217. The first-order valence-electron chi connectivity index (χ1n) is 6.96. The SMILES string of the molecule is CCOC(c1noc(C2CCC(CN)O2)n1)C(C)C. The van der Waals surface area contributed by atoms with E-state index in [4.69, 9.17) is 19.7 Å². The highest BCUT2D eigenvalue weighted by molar-refractivity contribution is 4.97. The highest BCUT2D eigenvalue weighted by Crippen LogP contribution is 2.32. The second-order valence-corrected chi connectivity index (χ2v) is 5.17. The molecule has 0 amide bonds. The van der Waals surface area contributed by atoms with E-state index >= 15 is 0 Å². The Labute approximate surface area is 113 Å². The average Bonchev–Trinajstić information content (AvgIpc) is 3.03. The first kappa shape index (κ1) is 14.4. The minimum absolute atomic E-state index is 0.105. The van der Waals surface area contributed by atoms with Crippen molar-refractivity contribution < 1.29 is 14.0 Å². The van der Waals surface area contributed by atoms with Crippen molar-refractivity contribution in [2.75, 3.05) is 13.2 Å². The molecule has 1 aliphatic heterocycles. The number of hydrogen-bond acceptors (Lipinski definition) is 6. The lowest BCUT2D eigenvalue weighted by atomic mass is 10.1. The number of rotatable bonds is 6. The molecular formula is C13H23N3O3. The Bertz CT molecular complexity index is 394. The minimum atomic E-state index is -0.130. The van der Waals surface area contributed by atoms with E-state index in [-0.39, 0.29) is 18.3 Å². The molecule has 108 valence electrons. The predicted octanol–water partition coefficient (Wildman–Crippen LogP) is 1.98. The van der Waals surface area contributed by atoms with Gasteiger partial charge in [-0.15, -0.1) is 0 Å². The van der Waals surface area contributed by atoms with E-state index < -0.39 is 0 Å². The van der Waals surface area contributed by atoms with E-state index in [1.54, 1.807) is 0 Å². The number of hydrogen-bond donors (Lipinski definition) is 1. The van der Waals surface area contributed by atoms with Gasteiger partial charge in [-0.3, -0.25) is 0 Å². The smallest absolute Gasteiger partial charge is 0.255 e. The van der Waals surface area contributed by atoms with E-state index in [1.165, 1.54) is 0 Å². The molecule has 0 saturated carbocycles. The van der Waals surface area contributed by atoms with Gasteiger partial charge in [-0.05, 0) is 25.7 Å². The number of nitrogens with zero attached hydrogens (tertiary/aromatic N) is 2. The van der Waals surface area contributed by atoms with Crippen molar-refractivity contribution in [1.82, 2.24) is 10.1 Å². The zero-order valence-corrected chi connectivity index (χ0v) is 11.8. The van der Waals surface area contributed by atoms with E-state index in [2.05, 4.69) is 24.0 Å². The first-order chi connectivity index (χ1) is 9.15. The summed E-state index contributed by atoms with van der Waals surface area (Å²) in [5.41, 5.74) is 5.60. The first-order valence-corrected chi connectivity index (χ1v) is 6.96. The van der Waals surface area contributed by atoms with Crippen LogP contribution in [0.1, 0.15) is 57.5 Å². The lowest BCUT2D eigenvalue weighted by Crippen LogP contribution is -2.18. The topological polar surface area (TPSA) is 83.4 Å². The van der Waals surface area contributed by atoms with Gasteiger partial charge in [-0.25, -0.2) is 0 Å². The minimum Gasteiger partial charge on any atom is -0.370 e. The van der Waals surface area contributed by atoms with Crippen LogP contribution in [0.15, 0.2) is 4.52 Å². The molecule has 1 aromatic heterocycles. The van der Waals surface area contributed by atoms with Crippen molar-refractivity contribution in [1.29, 1.82) is 0 Å². The van der Waals surface area contributed by atoms with Gasteiger partial charge < -0.3 is 19.7 Å². The predicted molar refractivity (Wildman–Crippen MR) is 69.4 cm³/mol. The van der Waals surface area contributed by atoms with Crippen molar-refractivity contribution in [2.45, 2.75) is 51.9 Å². The standard InChI is InChI=1S/C13H23N3O3/c1-4-17-11(8(2)3)12-15-13(19-16-12)10-6-5-9(7-14)18-10/h8-11H,4-7,14H2,1-3H3. The summed E-state index contributed by atoms with van der Waals surface area (Å²) >= 11 is 0. The Balaban J connectivity index is 2.05. The molecule has 1 aliphatic rings. The molecule has 19 heavy (non-hydrogen) atoms. The summed E-state index contributed by atoms with van der Waals surface area (Å²) in [5, 5.41) is 4.03. The summed E-state index contributed by atoms with van der Waals surface area (Å²) in [6, 6.07) is 0. The van der Waals surface area contributed by atoms with Crippen LogP contribution in [0, 0.1) is 5.92 Å². The third-order valence-electron chi connectivity index (χ3n) is 3.31. The van der Waals surface area contributed by atoms with Crippen LogP contribution in [0.5, 0.6) is 0 Å². The van der Waals surface area contributed by atoms with E-state index in [0.29, 0.717) is 30.8 Å². The van der Waals surface area contributed by atoms with Crippen LogP contribution >= 0.6 is 0 Å². The van der Waals surface area contributed by atoms with Gasteiger partial charge in [0.2, 0.25) is 5.82 Å². The molecule has 1 saturated heterocycles. The molecule has 6 heteroatoms. The molecule has 2 heterocycles. The Kier molecular flexibility index (Phi) is 4.90. The molecule has 0 aromatic carbocycles. The summed E-state index contributed by atoms with van der Waals surface area (Å²) in [5.74, 6) is 1.44. The highest BCUT2D eigenvalue weighted by atomic mass is 16.5. The molecule has 6 nitrogen and oxygen atoms in total. The Morgan fingerprint density at radius 3 is 2.79 bits per heavy atom. The molecule has 3 atom stereocenters. The van der Waals surface area contributed by atoms with Crippen LogP contribution in [0.3, 0.4) is 0 Å². The highest BCUT2D eigenvalue weighted by Gasteiger charge is 2.31. The van der Waals surface area contributed by atoms with Gasteiger partial charge in [-0.1, -0.05) is 19.0 Å². The molecule has 0 bridgehead atoms. The zero-order valence-electron chi connectivity index (χ0n) is 11.8. The number of ether oxygens (including phenoxy) is 2. The van der Waals surface area contributed by atoms with Gasteiger partial charge in [0.05, 0.1) is 6.10 Å². The Hall–Kier alpha value is -0.980. The van der Waals surface area contributed by atoms with Crippen LogP contribution in [0.25, 0.3) is 0 Å². The van der Waals surface area contributed by atoms with Crippen LogP contribution in [0.4, 0.5) is 0 Å². The largest absolute Gasteiger partial charge is 0.370 e. The van der Waals surface area contributed by atoms with Crippen molar-refractivity contribution >= 4 is 0 Å². The molecule has 2 rings (SSSR count). The molecule has 0 spiro atoms. The summed E-state index contributed by atoms with van der Waals surface area (Å²) in [7, 11) is 0. The second kappa shape index (κ2) is 6.45. The summed E-state index contributed by atoms with van der Waals surface area (Å²) < 4.78 is 16.7. The van der Waals surface area contributed by atoms with Crippen molar-refractivity contribution in [3.8, 4) is 0 Å².